The van der Waals surface area contributed by atoms with Crippen molar-refractivity contribution in [1.29, 1.82) is 5.26 Å². The first kappa shape index (κ1) is 16.8. The van der Waals surface area contributed by atoms with Crippen molar-refractivity contribution in [1.82, 2.24) is 0 Å². The second-order valence-electron chi connectivity index (χ2n) is 5.52. The zero-order valence-electron chi connectivity index (χ0n) is 14.0. The first-order valence-electron chi connectivity index (χ1n) is 7.78. The number of nitrogens with zero attached hydrogens (tertiary/aromatic N) is 2. The van der Waals surface area contributed by atoms with Crippen molar-refractivity contribution in [2.45, 2.75) is 13.8 Å². The molecule has 1 heterocycles. The number of aryl methyl sites for hydroxylation is 1. The van der Waals surface area contributed by atoms with Crippen LogP contribution in [0.15, 0.2) is 41.4 Å². The van der Waals surface area contributed by atoms with Gasteiger partial charge < -0.3 is 4.74 Å². The van der Waals surface area contributed by atoms with E-state index in [4.69, 9.17) is 11.2 Å². The molecule has 0 radical (unpaired) electrons. The Morgan fingerprint density at radius 2 is 2.04 bits per heavy atom. The van der Waals surface area contributed by atoms with Crippen molar-refractivity contribution >= 4 is 33.3 Å². The molecule has 0 N–H and O–H groups in total. The predicted molar refractivity (Wildman–Crippen MR) is 104 cm³/mol. The summed E-state index contributed by atoms with van der Waals surface area (Å²) < 4.78 is 5.68. The van der Waals surface area contributed by atoms with Gasteiger partial charge in [0.05, 0.1) is 5.56 Å². The van der Waals surface area contributed by atoms with Gasteiger partial charge in [-0.3, -0.25) is 0 Å². The lowest BCUT2D eigenvalue weighted by Crippen LogP contribution is -1.98. The van der Waals surface area contributed by atoms with Crippen molar-refractivity contribution < 1.29 is 4.74 Å². The molecule has 1 aromatic heterocycles. The maximum absolute atomic E-state index is 9.39. The monoisotopic (exact) mass is 344 g/mol. The molecule has 3 aromatic rings. The van der Waals surface area contributed by atoms with Gasteiger partial charge in [0.25, 0.3) is 0 Å². The lowest BCUT2D eigenvalue weighted by molar-refractivity contribution is 0.370. The highest BCUT2D eigenvalue weighted by molar-refractivity contribution is 7.16. The summed E-state index contributed by atoms with van der Waals surface area (Å²) >= 11 is 1.52. The van der Waals surface area contributed by atoms with E-state index in [0.717, 1.165) is 26.8 Å². The molecule has 0 unspecified atom stereocenters. The summed E-state index contributed by atoms with van der Waals surface area (Å²) in [4.78, 5) is 5.69. The fourth-order valence-electron chi connectivity index (χ4n) is 2.61. The number of thiophene rings is 1. The molecule has 0 saturated heterocycles. The van der Waals surface area contributed by atoms with Gasteiger partial charge in [-0.2, -0.15) is 5.26 Å². The molecule has 0 atom stereocenters. The highest BCUT2D eigenvalue weighted by Gasteiger charge is 2.12. The number of nitriles is 1. The Kier molecular flexibility index (Phi) is 4.84. The fraction of sp³-hybridized carbons (Fsp3) is 0.143. The van der Waals surface area contributed by atoms with Crippen LogP contribution >= 0.6 is 11.3 Å². The number of terminal acetylenes is 1. The number of rotatable bonds is 4. The highest BCUT2D eigenvalue weighted by Crippen LogP contribution is 2.35. The van der Waals surface area contributed by atoms with Crippen LogP contribution in [0.4, 0.5) is 5.00 Å². The Morgan fingerprint density at radius 1 is 1.24 bits per heavy atom. The Balaban J connectivity index is 2.13. The molecule has 0 aliphatic heterocycles. The minimum atomic E-state index is 0.194. The summed E-state index contributed by atoms with van der Waals surface area (Å²) in [6, 6.07) is 14.2. The SMILES string of the molecule is C#CCOc1ccc2ccccc2c1C=Nc1sc(C)c(C)c1C#N. The van der Waals surface area contributed by atoms with E-state index in [1.807, 2.05) is 50.2 Å². The third-order valence-corrected chi connectivity index (χ3v) is 5.15. The molecule has 0 spiro atoms. The van der Waals surface area contributed by atoms with Crippen molar-refractivity contribution in [3.8, 4) is 24.2 Å². The van der Waals surface area contributed by atoms with E-state index in [0.29, 0.717) is 16.3 Å². The molecule has 3 nitrogen and oxygen atoms in total. The van der Waals surface area contributed by atoms with Crippen molar-refractivity contribution in [3.63, 3.8) is 0 Å². The number of ether oxygens (including phenoxy) is 1. The molecule has 2 aromatic carbocycles. The summed E-state index contributed by atoms with van der Waals surface area (Å²) in [5.74, 6) is 3.17. The number of aliphatic imine (C=N–C) groups is 1. The van der Waals surface area contributed by atoms with Gasteiger partial charge in [-0.15, -0.1) is 17.8 Å². The van der Waals surface area contributed by atoms with Gasteiger partial charge in [0.15, 0.2) is 0 Å². The highest BCUT2D eigenvalue weighted by atomic mass is 32.1. The van der Waals surface area contributed by atoms with E-state index in [-0.39, 0.29) is 6.61 Å². The largest absolute Gasteiger partial charge is 0.480 e. The molecule has 0 aliphatic rings. The molecule has 122 valence electrons. The maximum Gasteiger partial charge on any atom is 0.148 e. The summed E-state index contributed by atoms with van der Waals surface area (Å²) in [5, 5.41) is 12.2. The Hall–Kier alpha value is -3.08. The quantitative estimate of drug-likeness (QED) is 0.485. The van der Waals surface area contributed by atoms with Crippen molar-refractivity contribution in [2.75, 3.05) is 6.61 Å². The minimum Gasteiger partial charge on any atom is -0.480 e. The zero-order chi connectivity index (χ0) is 17.8. The Morgan fingerprint density at radius 3 is 2.80 bits per heavy atom. The predicted octanol–water partition coefficient (Wildman–Crippen LogP) is 5.15. The number of hydrogen-bond donors (Lipinski definition) is 0. The summed E-state index contributed by atoms with van der Waals surface area (Å²) in [6.45, 7) is 4.14. The smallest absolute Gasteiger partial charge is 0.148 e. The zero-order valence-corrected chi connectivity index (χ0v) is 14.9. The van der Waals surface area contributed by atoms with Gasteiger partial charge in [-0.25, -0.2) is 4.99 Å². The van der Waals surface area contributed by atoms with E-state index < -0.39 is 0 Å². The normalized spacial score (nSPS) is 10.7. The van der Waals surface area contributed by atoms with Crippen molar-refractivity contribution in [3.05, 3.63) is 58.0 Å². The molecular weight excluding hydrogens is 328 g/mol. The number of hydrogen-bond acceptors (Lipinski definition) is 4. The summed E-state index contributed by atoms with van der Waals surface area (Å²) in [7, 11) is 0. The second kappa shape index (κ2) is 7.21. The molecule has 3 rings (SSSR count). The van der Waals surface area contributed by atoms with E-state index in [1.54, 1.807) is 6.21 Å². The van der Waals surface area contributed by atoms with Crippen LogP contribution in [-0.2, 0) is 0 Å². The molecule has 0 amide bonds. The van der Waals surface area contributed by atoms with Gasteiger partial charge in [0.1, 0.15) is 23.4 Å². The Bertz CT molecular complexity index is 1050. The topological polar surface area (TPSA) is 45.4 Å². The molecular formula is C21H16N2OS. The van der Waals surface area contributed by atoms with Gasteiger partial charge >= 0.3 is 0 Å². The average molecular weight is 344 g/mol. The van der Waals surface area contributed by atoms with Crippen molar-refractivity contribution in [2.24, 2.45) is 4.99 Å². The van der Waals surface area contributed by atoms with E-state index in [9.17, 15) is 5.26 Å². The van der Waals surface area contributed by atoms with Crippen LogP contribution in [0.5, 0.6) is 5.75 Å². The average Bonchev–Trinajstić information content (AvgIpc) is 2.91. The van der Waals surface area contributed by atoms with Crippen LogP contribution in [0.25, 0.3) is 10.8 Å². The van der Waals surface area contributed by atoms with Crippen LogP contribution in [-0.4, -0.2) is 12.8 Å². The third-order valence-electron chi connectivity index (χ3n) is 4.03. The van der Waals surface area contributed by atoms with E-state index in [1.165, 1.54) is 11.3 Å². The van der Waals surface area contributed by atoms with Crippen LogP contribution in [0.1, 0.15) is 21.6 Å². The van der Waals surface area contributed by atoms with Crippen LogP contribution < -0.4 is 4.74 Å². The molecule has 0 fully saturated rings. The second-order valence-corrected chi connectivity index (χ2v) is 6.73. The molecule has 0 bridgehead atoms. The maximum atomic E-state index is 9.39. The van der Waals surface area contributed by atoms with E-state index in [2.05, 4.69) is 17.0 Å². The summed E-state index contributed by atoms with van der Waals surface area (Å²) in [5.41, 5.74) is 2.48. The van der Waals surface area contributed by atoms with Gasteiger partial charge in [0.2, 0.25) is 0 Å². The van der Waals surface area contributed by atoms with Gasteiger partial charge in [-0.1, -0.05) is 36.3 Å². The van der Waals surface area contributed by atoms with Gasteiger partial charge in [0, 0.05) is 16.7 Å². The van der Waals surface area contributed by atoms with Crippen LogP contribution in [0.3, 0.4) is 0 Å². The van der Waals surface area contributed by atoms with E-state index >= 15 is 0 Å². The third kappa shape index (κ3) is 3.26. The molecule has 0 saturated carbocycles. The Labute approximate surface area is 151 Å². The van der Waals surface area contributed by atoms with Gasteiger partial charge in [-0.05, 0) is 36.2 Å². The minimum absolute atomic E-state index is 0.194. The molecule has 0 aliphatic carbocycles. The molecule has 25 heavy (non-hydrogen) atoms. The number of benzene rings is 2. The summed E-state index contributed by atoms with van der Waals surface area (Å²) in [6.07, 6.45) is 7.08. The number of fused-ring (bicyclic) bond motifs is 1. The standard InChI is InChI=1S/C21H16N2OS/c1-4-11-24-20-10-9-16-7-5-6-8-17(16)19(20)13-23-21-18(12-22)14(2)15(3)25-21/h1,5-10,13H,11H2,2-3H3. The first-order valence-corrected chi connectivity index (χ1v) is 8.59. The van der Waals surface area contributed by atoms with Crippen LogP contribution in [0.2, 0.25) is 0 Å². The molecule has 4 heteroatoms. The lowest BCUT2D eigenvalue weighted by Gasteiger charge is -2.09. The lowest BCUT2D eigenvalue weighted by atomic mass is 10.0. The fourth-order valence-corrected chi connectivity index (χ4v) is 3.56. The van der Waals surface area contributed by atoms with Crippen LogP contribution in [0, 0.1) is 37.5 Å². The first-order chi connectivity index (χ1) is 12.2.